The van der Waals surface area contributed by atoms with Crippen LogP contribution in [0.2, 0.25) is 0 Å². The molecule has 1 unspecified atom stereocenters. The predicted octanol–water partition coefficient (Wildman–Crippen LogP) is 2.10. The maximum absolute atomic E-state index is 12.3. The largest absolute Gasteiger partial charge is 0.497 e. The Morgan fingerprint density at radius 1 is 1.43 bits per heavy atom. The monoisotopic (exact) mass is 333 g/mol. The third kappa shape index (κ3) is 3.43. The van der Waals surface area contributed by atoms with Crippen LogP contribution in [0.4, 0.5) is 0 Å². The molecular weight excluding hydrogens is 314 g/mol. The van der Waals surface area contributed by atoms with Gasteiger partial charge in [-0.2, -0.15) is 0 Å². The van der Waals surface area contributed by atoms with E-state index in [9.17, 15) is 9.59 Å². The summed E-state index contributed by atoms with van der Waals surface area (Å²) in [5.74, 6) is 0.409. The molecule has 1 aromatic carbocycles. The van der Waals surface area contributed by atoms with E-state index in [1.54, 1.807) is 7.11 Å². The number of aliphatic carboxylic acids is 1. The molecule has 0 saturated carbocycles. The summed E-state index contributed by atoms with van der Waals surface area (Å²) in [4.78, 5) is 23.5. The van der Waals surface area contributed by atoms with Crippen LogP contribution in [0.25, 0.3) is 6.08 Å². The number of allylic oxidation sites excluding steroid dienone is 1. The molecule has 1 aliphatic heterocycles. The summed E-state index contributed by atoms with van der Waals surface area (Å²) >= 11 is 1.38. The number of carbonyl (C=O) groups is 2. The number of methoxy groups -OCH3 is 1. The number of carboxylic acids is 1. The van der Waals surface area contributed by atoms with E-state index in [1.807, 2.05) is 12.1 Å². The van der Waals surface area contributed by atoms with Gasteiger partial charge in [0, 0.05) is 12.3 Å². The van der Waals surface area contributed by atoms with E-state index >= 15 is 0 Å². The summed E-state index contributed by atoms with van der Waals surface area (Å²) in [6.45, 7) is 0. The first-order valence-corrected chi connectivity index (χ1v) is 8.60. The van der Waals surface area contributed by atoms with E-state index in [0.29, 0.717) is 18.7 Å². The Hall–Kier alpha value is -1.79. The van der Waals surface area contributed by atoms with Crippen molar-refractivity contribution in [3.8, 4) is 5.75 Å². The molecule has 0 radical (unpaired) electrons. The lowest BCUT2D eigenvalue weighted by Gasteiger charge is -2.13. The van der Waals surface area contributed by atoms with Crippen LogP contribution < -0.4 is 10.1 Å². The smallest absolute Gasteiger partial charge is 0.322 e. The molecule has 0 bridgehead atoms. The molecule has 1 heterocycles. The molecule has 0 amide bonds. The van der Waals surface area contributed by atoms with Crippen molar-refractivity contribution in [3.63, 3.8) is 0 Å². The lowest BCUT2D eigenvalue weighted by Crippen LogP contribution is -2.41. The molecule has 1 saturated heterocycles. The number of hydrogen-bond acceptors (Lipinski definition) is 5. The lowest BCUT2D eigenvalue weighted by atomic mass is 10.0. The van der Waals surface area contributed by atoms with Crippen LogP contribution in [0.3, 0.4) is 0 Å². The number of Topliss-reactive ketones (excluding diaryl/α,β-unsaturated/α-hetero) is 1. The van der Waals surface area contributed by atoms with E-state index in [1.165, 1.54) is 22.9 Å². The van der Waals surface area contributed by atoms with Crippen molar-refractivity contribution in [1.82, 2.24) is 5.32 Å². The highest BCUT2D eigenvalue weighted by atomic mass is 32.2. The molecule has 2 aliphatic rings. The Morgan fingerprint density at radius 2 is 2.26 bits per heavy atom. The van der Waals surface area contributed by atoms with Crippen LogP contribution in [-0.4, -0.2) is 41.1 Å². The lowest BCUT2D eigenvalue weighted by molar-refractivity contribution is -0.140. The van der Waals surface area contributed by atoms with Crippen LogP contribution >= 0.6 is 11.8 Å². The number of thioether (sulfide) groups is 1. The van der Waals surface area contributed by atoms with Crippen LogP contribution in [0, 0.1) is 0 Å². The molecule has 23 heavy (non-hydrogen) atoms. The Balaban J connectivity index is 1.59. The Bertz CT molecular complexity index is 671. The van der Waals surface area contributed by atoms with Gasteiger partial charge >= 0.3 is 5.97 Å². The second-order valence-corrected chi connectivity index (χ2v) is 6.89. The number of carboxylic acid groups (broad SMARTS) is 1. The van der Waals surface area contributed by atoms with E-state index in [0.717, 1.165) is 17.7 Å². The Morgan fingerprint density at radius 3 is 3.00 bits per heavy atom. The Kier molecular flexibility index (Phi) is 4.73. The van der Waals surface area contributed by atoms with Gasteiger partial charge < -0.3 is 9.84 Å². The fourth-order valence-corrected chi connectivity index (χ4v) is 4.19. The highest BCUT2D eigenvalue weighted by molar-refractivity contribution is 8.00. The van der Waals surface area contributed by atoms with Crippen LogP contribution in [-0.2, 0) is 16.0 Å². The van der Waals surface area contributed by atoms with Crippen molar-refractivity contribution < 1.29 is 19.4 Å². The SMILES string of the molecule is COc1ccc2c(c1)C=C(CCC(=O)C1SCN[C@@H]1C(=O)O)C2. The zero-order valence-electron chi connectivity index (χ0n) is 12.9. The van der Waals surface area contributed by atoms with Gasteiger partial charge in [0.25, 0.3) is 0 Å². The minimum Gasteiger partial charge on any atom is -0.497 e. The molecular formula is C17H19NO4S. The molecule has 2 N–H and O–H groups in total. The standard InChI is InChI=1S/C17H19NO4S/c1-22-13-4-3-11-6-10(7-12(11)8-13)2-5-14(19)16-15(17(20)21)18-9-23-16/h3-4,7-8,15-16,18H,2,5-6,9H2,1H3,(H,20,21)/t15-,16?/m0/s1. The maximum atomic E-state index is 12.3. The number of carbonyl (C=O) groups excluding carboxylic acids is 1. The zero-order chi connectivity index (χ0) is 16.4. The number of hydrogen-bond donors (Lipinski definition) is 2. The number of ketones is 1. The summed E-state index contributed by atoms with van der Waals surface area (Å²) in [7, 11) is 1.64. The van der Waals surface area contributed by atoms with E-state index in [-0.39, 0.29) is 5.78 Å². The molecule has 1 aromatic rings. The maximum Gasteiger partial charge on any atom is 0.322 e. The average molecular weight is 333 g/mol. The predicted molar refractivity (Wildman–Crippen MR) is 89.7 cm³/mol. The molecule has 1 fully saturated rings. The number of nitrogens with one attached hydrogen (secondary N) is 1. The quantitative estimate of drug-likeness (QED) is 0.830. The Labute approximate surface area is 139 Å². The molecule has 3 rings (SSSR count). The summed E-state index contributed by atoms with van der Waals surface area (Å²) < 4.78 is 5.23. The van der Waals surface area contributed by atoms with Gasteiger partial charge in [-0.3, -0.25) is 14.9 Å². The first kappa shape index (κ1) is 16.1. The van der Waals surface area contributed by atoms with Gasteiger partial charge in [0.1, 0.15) is 17.6 Å². The van der Waals surface area contributed by atoms with Gasteiger partial charge in [-0.15, -0.1) is 11.8 Å². The summed E-state index contributed by atoms with van der Waals surface area (Å²) in [6, 6.07) is 5.24. The van der Waals surface area contributed by atoms with Gasteiger partial charge in [0.2, 0.25) is 0 Å². The van der Waals surface area contributed by atoms with Crippen molar-refractivity contribution in [2.75, 3.05) is 13.0 Å². The normalized spacial score (nSPS) is 22.6. The van der Waals surface area contributed by atoms with Gasteiger partial charge in [0.15, 0.2) is 0 Å². The van der Waals surface area contributed by atoms with Crippen molar-refractivity contribution in [1.29, 1.82) is 0 Å². The molecule has 1 aliphatic carbocycles. The van der Waals surface area contributed by atoms with E-state index < -0.39 is 17.3 Å². The molecule has 0 aromatic heterocycles. The summed E-state index contributed by atoms with van der Waals surface area (Å²) in [5, 5.41) is 11.5. The first-order chi connectivity index (χ1) is 11.1. The van der Waals surface area contributed by atoms with Gasteiger partial charge in [-0.05, 0) is 36.1 Å². The van der Waals surface area contributed by atoms with Gasteiger partial charge in [0.05, 0.1) is 12.4 Å². The van der Waals surface area contributed by atoms with Crippen molar-refractivity contribution in [2.45, 2.75) is 30.6 Å². The second-order valence-electron chi connectivity index (χ2n) is 5.76. The van der Waals surface area contributed by atoms with E-state index in [4.69, 9.17) is 9.84 Å². The van der Waals surface area contributed by atoms with Crippen LogP contribution in [0.5, 0.6) is 5.75 Å². The highest BCUT2D eigenvalue weighted by Gasteiger charge is 2.37. The highest BCUT2D eigenvalue weighted by Crippen LogP contribution is 2.31. The number of fused-ring (bicyclic) bond motifs is 1. The average Bonchev–Trinajstić information content (AvgIpc) is 3.18. The van der Waals surface area contributed by atoms with Gasteiger partial charge in [-0.1, -0.05) is 17.7 Å². The molecule has 2 atom stereocenters. The summed E-state index contributed by atoms with van der Waals surface area (Å²) in [6.07, 6.45) is 4.03. The number of rotatable bonds is 6. The second kappa shape index (κ2) is 6.76. The topological polar surface area (TPSA) is 75.6 Å². The van der Waals surface area contributed by atoms with Crippen LogP contribution in [0.1, 0.15) is 24.0 Å². The first-order valence-electron chi connectivity index (χ1n) is 7.55. The minimum absolute atomic E-state index is 0.0156. The fraction of sp³-hybridized carbons (Fsp3) is 0.412. The minimum atomic E-state index is -0.951. The van der Waals surface area contributed by atoms with Crippen LogP contribution in [0.15, 0.2) is 23.8 Å². The number of benzene rings is 1. The number of ether oxygens (including phenoxy) is 1. The third-order valence-corrected chi connectivity index (χ3v) is 5.50. The zero-order valence-corrected chi connectivity index (χ0v) is 13.7. The summed E-state index contributed by atoms with van der Waals surface area (Å²) in [5.41, 5.74) is 3.60. The van der Waals surface area contributed by atoms with E-state index in [2.05, 4.69) is 17.5 Å². The van der Waals surface area contributed by atoms with Crippen molar-refractivity contribution in [2.24, 2.45) is 0 Å². The molecule has 0 spiro atoms. The van der Waals surface area contributed by atoms with Gasteiger partial charge in [-0.25, -0.2) is 0 Å². The van der Waals surface area contributed by atoms with Crippen molar-refractivity contribution >= 4 is 29.6 Å². The molecule has 6 heteroatoms. The molecule has 122 valence electrons. The fourth-order valence-electron chi connectivity index (χ4n) is 3.02. The third-order valence-electron chi connectivity index (χ3n) is 4.27. The molecule has 5 nitrogen and oxygen atoms in total. The van der Waals surface area contributed by atoms with Crippen molar-refractivity contribution in [3.05, 3.63) is 34.9 Å².